The molecule has 0 unspecified atom stereocenters. The molecule has 0 saturated carbocycles. The van der Waals surface area contributed by atoms with E-state index in [2.05, 4.69) is 18.2 Å². The lowest BCUT2D eigenvalue weighted by Gasteiger charge is -1.88. The molecule has 0 aliphatic carbocycles. The molecule has 13 heavy (non-hydrogen) atoms. The normalized spacial score (nSPS) is 11.5. The van der Waals surface area contributed by atoms with Crippen LogP contribution in [0.1, 0.15) is 5.56 Å². The van der Waals surface area contributed by atoms with Crippen LogP contribution in [0.3, 0.4) is 0 Å². The Labute approximate surface area is 79.4 Å². The molecule has 0 atom stereocenters. The van der Waals surface area contributed by atoms with Gasteiger partial charge >= 0.3 is 0 Å². The molecule has 1 aromatic carbocycles. The first-order chi connectivity index (χ1) is 6.43. The van der Waals surface area contributed by atoms with Crippen molar-refractivity contribution in [3.05, 3.63) is 54.1 Å². The average Bonchev–Trinajstić information content (AvgIpc) is 2.19. The molecule has 0 fully saturated rings. The van der Waals surface area contributed by atoms with E-state index < -0.39 is 0 Å². The topological polar surface area (TPSA) is 9.23 Å². The molecule has 1 aromatic rings. The fourth-order valence-corrected chi connectivity index (χ4v) is 0.961. The van der Waals surface area contributed by atoms with E-state index >= 15 is 0 Å². The zero-order valence-electron chi connectivity index (χ0n) is 7.81. The summed E-state index contributed by atoms with van der Waals surface area (Å²) in [4.78, 5) is 0. The second-order valence-electron chi connectivity index (χ2n) is 2.65. The van der Waals surface area contributed by atoms with Crippen LogP contribution >= 0.6 is 0 Å². The van der Waals surface area contributed by atoms with Gasteiger partial charge in [-0.15, -0.1) is 0 Å². The van der Waals surface area contributed by atoms with Crippen LogP contribution in [0.25, 0.3) is 6.08 Å². The lowest BCUT2D eigenvalue weighted by molar-refractivity contribution is 0.234. The molecule has 0 amide bonds. The fourth-order valence-electron chi connectivity index (χ4n) is 0.961. The molecule has 0 N–H and O–H groups in total. The van der Waals surface area contributed by atoms with Crippen molar-refractivity contribution in [2.24, 2.45) is 0 Å². The molecule has 68 valence electrons. The molecule has 1 heteroatoms. The van der Waals surface area contributed by atoms with Crippen molar-refractivity contribution in [2.45, 2.75) is 0 Å². The minimum Gasteiger partial charge on any atom is -0.381 e. The van der Waals surface area contributed by atoms with Crippen LogP contribution in [-0.4, -0.2) is 13.7 Å². The van der Waals surface area contributed by atoms with Gasteiger partial charge in [0.1, 0.15) is 0 Å². The number of hydrogen-bond donors (Lipinski definition) is 0. The first-order valence-corrected chi connectivity index (χ1v) is 4.30. The van der Waals surface area contributed by atoms with Crippen molar-refractivity contribution in [3.63, 3.8) is 0 Å². The smallest absolute Gasteiger partial charge is 0.0646 e. The monoisotopic (exact) mass is 174 g/mol. The van der Waals surface area contributed by atoms with E-state index in [-0.39, 0.29) is 0 Å². The number of allylic oxidation sites excluding steroid dienone is 2. The highest BCUT2D eigenvalue weighted by Gasteiger charge is 1.79. The molecule has 1 rings (SSSR count). The van der Waals surface area contributed by atoms with Crippen LogP contribution in [0.5, 0.6) is 0 Å². The van der Waals surface area contributed by atoms with Gasteiger partial charge in [-0.2, -0.15) is 0 Å². The highest BCUT2D eigenvalue weighted by molar-refractivity contribution is 5.50. The van der Waals surface area contributed by atoms with Gasteiger partial charge in [-0.25, -0.2) is 0 Å². The van der Waals surface area contributed by atoms with Crippen LogP contribution in [0.15, 0.2) is 48.6 Å². The van der Waals surface area contributed by atoms with Crippen LogP contribution in [0, 0.1) is 0 Å². The van der Waals surface area contributed by atoms with Gasteiger partial charge < -0.3 is 4.74 Å². The molecular weight excluding hydrogens is 160 g/mol. The van der Waals surface area contributed by atoms with Gasteiger partial charge in [0.15, 0.2) is 0 Å². The van der Waals surface area contributed by atoms with E-state index in [0.29, 0.717) is 6.61 Å². The standard InChI is InChI=1S/C12H14O/c1-13-11-7-3-6-10-12-8-4-2-5-9-12/h2-10H,11H2,1H3/b7-3+,10-6+. The fraction of sp³-hybridized carbons (Fsp3) is 0.167. The molecular formula is C12H14O. The van der Waals surface area contributed by atoms with E-state index in [4.69, 9.17) is 4.74 Å². The van der Waals surface area contributed by atoms with Gasteiger partial charge in [0, 0.05) is 7.11 Å². The number of methoxy groups -OCH3 is 1. The van der Waals surface area contributed by atoms with Crippen molar-refractivity contribution < 1.29 is 4.74 Å². The first kappa shape index (κ1) is 9.75. The van der Waals surface area contributed by atoms with Gasteiger partial charge in [-0.1, -0.05) is 54.6 Å². The summed E-state index contributed by atoms with van der Waals surface area (Å²) in [5.41, 5.74) is 1.21. The Morgan fingerprint density at radius 2 is 1.92 bits per heavy atom. The summed E-state index contributed by atoms with van der Waals surface area (Å²) >= 11 is 0. The van der Waals surface area contributed by atoms with Crippen LogP contribution in [-0.2, 0) is 4.74 Å². The van der Waals surface area contributed by atoms with E-state index in [0.717, 1.165) is 0 Å². The number of ether oxygens (including phenoxy) is 1. The summed E-state index contributed by atoms with van der Waals surface area (Å²) in [6, 6.07) is 10.2. The first-order valence-electron chi connectivity index (χ1n) is 4.30. The van der Waals surface area contributed by atoms with Crippen molar-refractivity contribution in [1.82, 2.24) is 0 Å². The van der Waals surface area contributed by atoms with Crippen molar-refractivity contribution >= 4 is 6.08 Å². The number of benzene rings is 1. The summed E-state index contributed by atoms with van der Waals surface area (Å²) in [6.07, 6.45) is 8.02. The van der Waals surface area contributed by atoms with Crippen molar-refractivity contribution in [1.29, 1.82) is 0 Å². The maximum atomic E-state index is 4.87. The molecule has 0 saturated heterocycles. The predicted molar refractivity (Wildman–Crippen MR) is 56.5 cm³/mol. The SMILES string of the molecule is COC/C=C/C=C/c1ccccc1. The maximum Gasteiger partial charge on any atom is 0.0646 e. The third-order valence-corrected chi connectivity index (χ3v) is 1.60. The molecule has 0 bridgehead atoms. The molecule has 0 aliphatic rings. The Kier molecular flexibility index (Phi) is 4.65. The van der Waals surface area contributed by atoms with Gasteiger partial charge in [0.05, 0.1) is 6.61 Å². The molecule has 0 heterocycles. The largest absolute Gasteiger partial charge is 0.381 e. The minimum atomic E-state index is 0.666. The van der Waals surface area contributed by atoms with Gasteiger partial charge in [-0.3, -0.25) is 0 Å². The van der Waals surface area contributed by atoms with Gasteiger partial charge in [0.2, 0.25) is 0 Å². The minimum absolute atomic E-state index is 0.666. The molecule has 1 nitrogen and oxygen atoms in total. The average molecular weight is 174 g/mol. The summed E-state index contributed by atoms with van der Waals surface area (Å²) in [7, 11) is 1.69. The lowest BCUT2D eigenvalue weighted by atomic mass is 10.2. The Balaban J connectivity index is 2.41. The molecule has 0 spiro atoms. The van der Waals surface area contributed by atoms with E-state index in [1.54, 1.807) is 7.11 Å². The Morgan fingerprint density at radius 3 is 2.62 bits per heavy atom. The number of hydrogen-bond acceptors (Lipinski definition) is 1. The molecule has 0 aromatic heterocycles. The maximum absolute atomic E-state index is 4.87. The quantitative estimate of drug-likeness (QED) is 0.638. The van der Waals surface area contributed by atoms with Crippen LogP contribution in [0.2, 0.25) is 0 Å². The Hall–Kier alpha value is -1.34. The van der Waals surface area contributed by atoms with Gasteiger partial charge in [0.25, 0.3) is 0 Å². The summed E-state index contributed by atoms with van der Waals surface area (Å²) in [5.74, 6) is 0. The lowest BCUT2D eigenvalue weighted by Crippen LogP contribution is -1.78. The highest BCUT2D eigenvalue weighted by atomic mass is 16.5. The zero-order chi connectivity index (χ0) is 9.36. The molecule has 0 radical (unpaired) electrons. The summed E-state index contributed by atoms with van der Waals surface area (Å²) in [5, 5.41) is 0. The Bertz CT molecular complexity index is 272. The Morgan fingerprint density at radius 1 is 1.15 bits per heavy atom. The van der Waals surface area contributed by atoms with Crippen LogP contribution < -0.4 is 0 Å². The summed E-state index contributed by atoms with van der Waals surface area (Å²) in [6.45, 7) is 0.666. The van der Waals surface area contributed by atoms with Crippen molar-refractivity contribution in [2.75, 3.05) is 13.7 Å². The van der Waals surface area contributed by atoms with Crippen molar-refractivity contribution in [3.8, 4) is 0 Å². The van der Waals surface area contributed by atoms with Gasteiger partial charge in [-0.05, 0) is 5.56 Å². The summed E-state index contributed by atoms with van der Waals surface area (Å²) < 4.78 is 4.87. The third-order valence-electron chi connectivity index (χ3n) is 1.60. The van der Waals surface area contributed by atoms with Crippen LogP contribution in [0.4, 0.5) is 0 Å². The van der Waals surface area contributed by atoms with E-state index in [9.17, 15) is 0 Å². The highest BCUT2D eigenvalue weighted by Crippen LogP contribution is 2.00. The molecule has 0 aliphatic heterocycles. The van der Waals surface area contributed by atoms with E-state index in [1.807, 2.05) is 36.4 Å². The third kappa shape index (κ3) is 4.28. The number of rotatable bonds is 4. The predicted octanol–water partition coefficient (Wildman–Crippen LogP) is 2.90. The second kappa shape index (κ2) is 6.21. The van der Waals surface area contributed by atoms with E-state index in [1.165, 1.54) is 5.56 Å². The second-order valence-corrected chi connectivity index (χ2v) is 2.65. The zero-order valence-corrected chi connectivity index (χ0v) is 7.81.